The molecule has 1 fully saturated rings. The largest absolute Gasteiger partial charge is 0.356 e. The molecule has 1 amide bonds. The molecule has 0 saturated carbocycles. The van der Waals surface area contributed by atoms with Crippen LogP contribution in [-0.4, -0.2) is 20.9 Å². The van der Waals surface area contributed by atoms with Crippen LogP contribution in [0.4, 0.5) is 0 Å². The zero-order valence-electron chi connectivity index (χ0n) is 9.22. The Morgan fingerprint density at radius 3 is 2.65 bits per heavy atom. The molecule has 1 aliphatic rings. The SMILES string of the molecule is NS(=O)(=O)c1ccccc1[C@H]1CCCNC1=O. The number of nitrogens with one attached hydrogen (secondary N) is 1. The standard InChI is InChI=1S/C11H14N2O3S/c12-17(15,16)10-6-2-1-4-8(10)9-5-3-7-13-11(9)14/h1-2,4,6,9H,3,5,7H2,(H,13,14)(H2,12,15,16)/t9-/m1/s1. The van der Waals surface area contributed by atoms with Crippen molar-refractivity contribution in [3.8, 4) is 0 Å². The fourth-order valence-corrected chi connectivity index (χ4v) is 2.90. The summed E-state index contributed by atoms with van der Waals surface area (Å²) >= 11 is 0. The van der Waals surface area contributed by atoms with Gasteiger partial charge < -0.3 is 5.32 Å². The van der Waals surface area contributed by atoms with Crippen molar-refractivity contribution in [2.75, 3.05) is 6.54 Å². The molecule has 0 spiro atoms. The maximum Gasteiger partial charge on any atom is 0.238 e. The van der Waals surface area contributed by atoms with Crippen molar-refractivity contribution in [2.24, 2.45) is 5.14 Å². The highest BCUT2D eigenvalue weighted by molar-refractivity contribution is 7.89. The average molecular weight is 254 g/mol. The van der Waals surface area contributed by atoms with Gasteiger partial charge in [-0.3, -0.25) is 4.79 Å². The van der Waals surface area contributed by atoms with Gasteiger partial charge in [-0.2, -0.15) is 0 Å². The van der Waals surface area contributed by atoms with Crippen molar-refractivity contribution in [2.45, 2.75) is 23.7 Å². The van der Waals surface area contributed by atoms with Crippen molar-refractivity contribution in [3.05, 3.63) is 29.8 Å². The Kier molecular flexibility index (Phi) is 3.17. The van der Waals surface area contributed by atoms with E-state index in [9.17, 15) is 13.2 Å². The molecule has 1 aromatic carbocycles. The summed E-state index contributed by atoms with van der Waals surface area (Å²) in [6.07, 6.45) is 1.49. The van der Waals surface area contributed by atoms with Crippen LogP contribution in [-0.2, 0) is 14.8 Å². The summed E-state index contributed by atoms with van der Waals surface area (Å²) in [5, 5.41) is 7.88. The summed E-state index contributed by atoms with van der Waals surface area (Å²) in [6, 6.07) is 6.40. The van der Waals surface area contributed by atoms with E-state index < -0.39 is 15.9 Å². The molecule has 92 valence electrons. The minimum absolute atomic E-state index is 0.0436. The summed E-state index contributed by atoms with van der Waals surface area (Å²) in [4.78, 5) is 11.8. The van der Waals surface area contributed by atoms with Gasteiger partial charge in [0.2, 0.25) is 15.9 Å². The van der Waals surface area contributed by atoms with Gasteiger partial charge in [-0.05, 0) is 24.5 Å². The fourth-order valence-electron chi connectivity index (χ4n) is 2.10. The van der Waals surface area contributed by atoms with E-state index in [0.29, 0.717) is 18.5 Å². The van der Waals surface area contributed by atoms with Gasteiger partial charge in [0.05, 0.1) is 10.8 Å². The molecule has 0 aromatic heterocycles. The van der Waals surface area contributed by atoms with Crippen LogP contribution in [0, 0.1) is 0 Å². The summed E-state index contributed by atoms with van der Waals surface area (Å²) in [5.74, 6) is -0.550. The summed E-state index contributed by atoms with van der Waals surface area (Å²) in [5.41, 5.74) is 0.493. The number of amides is 1. The van der Waals surface area contributed by atoms with Gasteiger partial charge in [-0.15, -0.1) is 0 Å². The number of carbonyl (C=O) groups is 1. The highest BCUT2D eigenvalue weighted by Gasteiger charge is 2.28. The summed E-state index contributed by atoms with van der Waals surface area (Å²) < 4.78 is 22.9. The van der Waals surface area contributed by atoms with Gasteiger partial charge in [0.1, 0.15) is 0 Å². The van der Waals surface area contributed by atoms with Gasteiger partial charge in [0.15, 0.2) is 0 Å². The third-order valence-electron chi connectivity index (χ3n) is 2.89. The molecule has 3 N–H and O–H groups in total. The van der Waals surface area contributed by atoms with Crippen molar-refractivity contribution < 1.29 is 13.2 Å². The molecule has 0 unspecified atom stereocenters. The predicted octanol–water partition coefficient (Wildman–Crippen LogP) is 0.328. The lowest BCUT2D eigenvalue weighted by Crippen LogP contribution is -2.35. The predicted molar refractivity (Wildman–Crippen MR) is 62.8 cm³/mol. The van der Waals surface area contributed by atoms with Crippen LogP contribution in [0.2, 0.25) is 0 Å². The Bertz CT molecular complexity index is 539. The Balaban J connectivity index is 2.48. The molecule has 2 rings (SSSR count). The van der Waals surface area contributed by atoms with E-state index in [4.69, 9.17) is 5.14 Å². The van der Waals surface area contributed by atoms with E-state index >= 15 is 0 Å². The van der Waals surface area contributed by atoms with Crippen molar-refractivity contribution in [3.63, 3.8) is 0 Å². The average Bonchev–Trinajstić information content (AvgIpc) is 2.28. The van der Waals surface area contributed by atoms with Gasteiger partial charge in [-0.25, -0.2) is 13.6 Å². The maximum absolute atomic E-state index is 11.7. The molecule has 1 atom stereocenters. The molecule has 0 radical (unpaired) electrons. The third-order valence-corrected chi connectivity index (χ3v) is 3.87. The normalized spacial score (nSPS) is 21.0. The molecule has 1 aliphatic heterocycles. The molecule has 6 heteroatoms. The number of rotatable bonds is 2. The maximum atomic E-state index is 11.7. The van der Waals surface area contributed by atoms with E-state index in [1.165, 1.54) is 6.07 Å². The molecule has 1 aromatic rings. The molecule has 1 saturated heterocycles. The summed E-state index contributed by atoms with van der Waals surface area (Å²) in [7, 11) is -3.79. The monoisotopic (exact) mass is 254 g/mol. The number of primary sulfonamides is 1. The van der Waals surface area contributed by atoms with E-state index in [2.05, 4.69) is 5.32 Å². The second-order valence-electron chi connectivity index (χ2n) is 4.07. The first kappa shape index (κ1) is 12.1. The zero-order valence-corrected chi connectivity index (χ0v) is 10.0. The van der Waals surface area contributed by atoms with E-state index in [1.807, 2.05) is 0 Å². The Morgan fingerprint density at radius 1 is 1.29 bits per heavy atom. The second kappa shape index (κ2) is 4.46. The first-order valence-corrected chi connectivity index (χ1v) is 6.94. The first-order valence-electron chi connectivity index (χ1n) is 5.39. The van der Waals surface area contributed by atoms with Crippen LogP contribution in [0.5, 0.6) is 0 Å². The topological polar surface area (TPSA) is 89.3 Å². The minimum Gasteiger partial charge on any atom is -0.356 e. The smallest absolute Gasteiger partial charge is 0.238 e. The lowest BCUT2D eigenvalue weighted by molar-refractivity contribution is -0.123. The van der Waals surface area contributed by atoms with Crippen LogP contribution in [0.25, 0.3) is 0 Å². The van der Waals surface area contributed by atoms with E-state index in [-0.39, 0.29) is 10.8 Å². The third kappa shape index (κ3) is 2.48. The highest BCUT2D eigenvalue weighted by Crippen LogP contribution is 2.28. The number of piperidine rings is 1. The van der Waals surface area contributed by atoms with Crippen LogP contribution >= 0.6 is 0 Å². The van der Waals surface area contributed by atoms with Crippen LogP contribution in [0.3, 0.4) is 0 Å². The van der Waals surface area contributed by atoms with Gasteiger partial charge in [0.25, 0.3) is 0 Å². The van der Waals surface area contributed by atoms with Crippen molar-refractivity contribution >= 4 is 15.9 Å². The molecule has 1 heterocycles. The molecule has 17 heavy (non-hydrogen) atoms. The quantitative estimate of drug-likeness (QED) is 0.797. The van der Waals surface area contributed by atoms with Gasteiger partial charge in [0, 0.05) is 6.54 Å². The minimum atomic E-state index is -3.79. The van der Waals surface area contributed by atoms with E-state index in [1.54, 1.807) is 18.2 Å². The number of nitrogens with two attached hydrogens (primary N) is 1. The number of benzene rings is 1. The van der Waals surface area contributed by atoms with Crippen molar-refractivity contribution in [1.29, 1.82) is 0 Å². The zero-order chi connectivity index (χ0) is 12.5. The molecule has 5 nitrogen and oxygen atoms in total. The molecular weight excluding hydrogens is 240 g/mol. The molecule has 0 aliphatic carbocycles. The first-order chi connectivity index (χ1) is 8.00. The second-order valence-corrected chi connectivity index (χ2v) is 5.60. The van der Waals surface area contributed by atoms with Crippen LogP contribution in [0.15, 0.2) is 29.2 Å². The molecule has 0 bridgehead atoms. The summed E-state index contributed by atoms with van der Waals surface area (Å²) in [6.45, 7) is 0.646. The van der Waals surface area contributed by atoms with E-state index in [0.717, 1.165) is 6.42 Å². The lowest BCUT2D eigenvalue weighted by Gasteiger charge is -2.23. The Morgan fingerprint density at radius 2 is 2.00 bits per heavy atom. The van der Waals surface area contributed by atoms with Crippen LogP contribution in [0.1, 0.15) is 24.3 Å². The number of sulfonamides is 1. The van der Waals surface area contributed by atoms with Gasteiger partial charge >= 0.3 is 0 Å². The fraction of sp³-hybridized carbons (Fsp3) is 0.364. The molecular formula is C11H14N2O3S. The highest BCUT2D eigenvalue weighted by atomic mass is 32.2. The number of hydrogen-bond donors (Lipinski definition) is 2. The number of carbonyl (C=O) groups excluding carboxylic acids is 1. The Labute approximate surface area is 100 Å². The van der Waals surface area contributed by atoms with Gasteiger partial charge in [-0.1, -0.05) is 18.2 Å². The number of hydrogen-bond acceptors (Lipinski definition) is 3. The van der Waals surface area contributed by atoms with Crippen molar-refractivity contribution in [1.82, 2.24) is 5.32 Å². The lowest BCUT2D eigenvalue weighted by atomic mass is 9.91. The van der Waals surface area contributed by atoms with Crippen LogP contribution < -0.4 is 10.5 Å². The Hall–Kier alpha value is -1.40.